The molecule has 0 aromatic carbocycles. The third-order valence-corrected chi connectivity index (χ3v) is 2.79. The van der Waals surface area contributed by atoms with Gasteiger partial charge in [-0.2, -0.15) is 0 Å². The highest BCUT2D eigenvalue weighted by molar-refractivity contribution is 5.68. The van der Waals surface area contributed by atoms with E-state index in [1.165, 1.54) is 0 Å². The van der Waals surface area contributed by atoms with E-state index >= 15 is 0 Å². The Morgan fingerprint density at radius 1 is 1.45 bits per heavy atom. The predicted molar refractivity (Wildman–Crippen MR) is 77.7 cm³/mol. The second kappa shape index (κ2) is 5.53. The first-order valence-electron chi connectivity index (χ1n) is 6.75. The minimum Gasteiger partial charge on any atom is -0.444 e. The topological polar surface area (TPSA) is 55.6 Å². The minimum atomic E-state index is -0.479. The molecule has 0 aliphatic rings. The van der Waals surface area contributed by atoms with Gasteiger partial charge in [-0.3, -0.25) is 0 Å². The number of pyridine rings is 1. The maximum atomic E-state index is 11.7. The molecule has 1 unspecified atom stereocenters. The molecule has 2 heterocycles. The Labute approximate surface area is 119 Å². The lowest BCUT2D eigenvalue weighted by molar-refractivity contribution is 0.0508. The van der Waals surface area contributed by atoms with Crippen molar-refractivity contribution in [1.29, 1.82) is 0 Å². The molecular formula is C15H21N3O2. The van der Waals surface area contributed by atoms with Gasteiger partial charge in [-0.1, -0.05) is 6.07 Å². The number of carbonyl (C=O) groups excluding carboxylic acids is 1. The highest BCUT2D eigenvalue weighted by Gasteiger charge is 2.18. The van der Waals surface area contributed by atoms with Gasteiger partial charge in [0.15, 0.2) is 0 Å². The number of nitrogens with zero attached hydrogens (tertiary/aromatic N) is 2. The quantitative estimate of drug-likeness (QED) is 0.937. The molecule has 0 saturated carbocycles. The summed E-state index contributed by atoms with van der Waals surface area (Å²) in [5, 5.41) is 2.84. The SMILES string of the molecule is CC(Cc1cccn2ccnc12)NC(=O)OC(C)(C)C. The van der Waals surface area contributed by atoms with Gasteiger partial charge in [0.25, 0.3) is 0 Å². The van der Waals surface area contributed by atoms with Crippen LogP contribution in [0.3, 0.4) is 0 Å². The minimum absolute atomic E-state index is 0.0206. The third kappa shape index (κ3) is 3.73. The first kappa shape index (κ1) is 14.4. The monoisotopic (exact) mass is 275 g/mol. The van der Waals surface area contributed by atoms with Crippen LogP contribution in [0.15, 0.2) is 30.7 Å². The lowest BCUT2D eigenvalue weighted by Crippen LogP contribution is -2.38. The fourth-order valence-electron chi connectivity index (χ4n) is 2.06. The molecule has 0 spiro atoms. The summed E-state index contributed by atoms with van der Waals surface area (Å²) in [5.41, 5.74) is 1.54. The molecule has 0 radical (unpaired) electrons. The molecule has 1 N–H and O–H groups in total. The van der Waals surface area contributed by atoms with Crippen molar-refractivity contribution in [2.45, 2.75) is 45.8 Å². The average molecular weight is 275 g/mol. The zero-order valence-corrected chi connectivity index (χ0v) is 12.4. The Morgan fingerprint density at radius 3 is 2.90 bits per heavy atom. The van der Waals surface area contributed by atoms with Gasteiger partial charge < -0.3 is 14.5 Å². The molecule has 20 heavy (non-hydrogen) atoms. The first-order chi connectivity index (χ1) is 9.35. The van der Waals surface area contributed by atoms with Crippen LogP contribution in [0, 0.1) is 0 Å². The number of aromatic nitrogens is 2. The van der Waals surface area contributed by atoms with Crippen LogP contribution in [0.25, 0.3) is 5.65 Å². The van der Waals surface area contributed by atoms with E-state index in [1.807, 2.05) is 56.6 Å². The van der Waals surface area contributed by atoms with Crippen molar-refractivity contribution >= 4 is 11.7 Å². The maximum absolute atomic E-state index is 11.7. The number of alkyl carbamates (subject to hydrolysis) is 1. The van der Waals surface area contributed by atoms with Gasteiger partial charge in [-0.25, -0.2) is 9.78 Å². The highest BCUT2D eigenvalue weighted by Crippen LogP contribution is 2.12. The highest BCUT2D eigenvalue weighted by atomic mass is 16.6. The van der Waals surface area contributed by atoms with Crippen LogP contribution in [-0.2, 0) is 11.2 Å². The molecule has 2 rings (SSSR count). The van der Waals surface area contributed by atoms with Gasteiger partial charge in [0.1, 0.15) is 11.2 Å². The van der Waals surface area contributed by atoms with Gasteiger partial charge in [-0.05, 0) is 45.7 Å². The smallest absolute Gasteiger partial charge is 0.407 e. The molecule has 0 bridgehead atoms. The van der Waals surface area contributed by atoms with E-state index < -0.39 is 5.60 Å². The summed E-state index contributed by atoms with van der Waals surface area (Å²) >= 11 is 0. The zero-order valence-electron chi connectivity index (χ0n) is 12.4. The largest absolute Gasteiger partial charge is 0.444 e. The lowest BCUT2D eigenvalue weighted by Gasteiger charge is -2.22. The van der Waals surface area contributed by atoms with Crippen LogP contribution in [-0.4, -0.2) is 27.1 Å². The van der Waals surface area contributed by atoms with Gasteiger partial charge in [0.05, 0.1) is 0 Å². The van der Waals surface area contributed by atoms with Crippen molar-refractivity contribution in [3.8, 4) is 0 Å². The zero-order chi connectivity index (χ0) is 14.8. The molecule has 5 nitrogen and oxygen atoms in total. The van der Waals surface area contributed by atoms with Crippen molar-refractivity contribution in [3.05, 3.63) is 36.3 Å². The average Bonchev–Trinajstić information content (AvgIpc) is 2.74. The number of imidazole rings is 1. The van der Waals surface area contributed by atoms with E-state index in [0.29, 0.717) is 6.42 Å². The van der Waals surface area contributed by atoms with Gasteiger partial charge in [0, 0.05) is 24.6 Å². The third-order valence-electron chi connectivity index (χ3n) is 2.79. The van der Waals surface area contributed by atoms with Gasteiger partial charge in [0.2, 0.25) is 0 Å². The molecule has 1 amide bonds. The second-order valence-corrected chi connectivity index (χ2v) is 5.94. The van der Waals surface area contributed by atoms with E-state index in [-0.39, 0.29) is 12.1 Å². The second-order valence-electron chi connectivity index (χ2n) is 5.94. The lowest BCUT2D eigenvalue weighted by atomic mass is 10.1. The molecule has 5 heteroatoms. The summed E-state index contributed by atoms with van der Waals surface area (Å²) in [5.74, 6) is 0. The fraction of sp³-hybridized carbons (Fsp3) is 0.467. The molecule has 2 aromatic rings. The predicted octanol–water partition coefficient (Wildman–Crippen LogP) is 2.79. The van der Waals surface area contributed by atoms with Crippen molar-refractivity contribution in [2.75, 3.05) is 0 Å². The van der Waals surface area contributed by atoms with Crippen LogP contribution in [0.4, 0.5) is 4.79 Å². The Balaban J connectivity index is 1.99. The number of fused-ring (bicyclic) bond motifs is 1. The Bertz CT molecular complexity index is 598. The molecule has 0 aliphatic heterocycles. The van der Waals surface area contributed by atoms with E-state index in [9.17, 15) is 4.79 Å². The van der Waals surface area contributed by atoms with E-state index in [0.717, 1.165) is 11.2 Å². The summed E-state index contributed by atoms with van der Waals surface area (Å²) in [6, 6.07) is 3.98. The molecule has 2 aromatic heterocycles. The number of ether oxygens (including phenoxy) is 1. The van der Waals surface area contributed by atoms with Crippen LogP contribution in [0.2, 0.25) is 0 Å². The molecule has 108 valence electrons. The number of hydrogen-bond donors (Lipinski definition) is 1. The standard InChI is InChI=1S/C15H21N3O2/c1-11(17-14(19)20-15(2,3)4)10-12-6-5-8-18-9-7-16-13(12)18/h5-9,11H,10H2,1-4H3,(H,17,19). The van der Waals surface area contributed by atoms with Crippen LogP contribution >= 0.6 is 0 Å². The number of hydrogen-bond acceptors (Lipinski definition) is 3. The van der Waals surface area contributed by atoms with Gasteiger partial charge >= 0.3 is 6.09 Å². The molecule has 0 fully saturated rings. The maximum Gasteiger partial charge on any atom is 0.407 e. The number of nitrogens with one attached hydrogen (secondary N) is 1. The Morgan fingerprint density at radius 2 is 2.20 bits per heavy atom. The Hall–Kier alpha value is -2.04. The number of rotatable bonds is 3. The van der Waals surface area contributed by atoms with Crippen LogP contribution < -0.4 is 5.32 Å². The van der Waals surface area contributed by atoms with E-state index in [4.69, 9.17) is 4.74 Å². The van der Waals surface area contributed by atoms with Crippen LogP contribution in [0.1, 0.15) is 33.3 Å². The van der Waals surface area contributed by atoms with Crippen molar-refractivity contribution in [1.82, 2.24) is 14.7 Å². The summed E-state index contributed by atoms with van der Waals surface area (Å²) in [7, 11) is 0. The molecule has 1 atom stereocenters. The summed E-state index contributed by atoms with van der Waals surface area (Å²) in [4.78, 5) is 16.0. The summed E-state index contributed by atoms with van der Waals surface area (Å²) in [6.45, 7) is 7.50. The summed E-state index contributed by atoms with van der Waals surface area (Å²) in [6.07, 6.45) is 5.95. The van der Waals surface area contributed by atoms with E-state index in [1.54, 1.807) is 6.20 Å². The van der Waals surface area contributed by atoms with Crippen LogP contribution in [0.5, 0.6) is 0 Å². The molecular weight excluding hydrogens is 254 g/mol. The number of carbonyl (C=O) groups is 1. The van der Waals surface area contributed by atoms with Crippen molar-refractivity contribution in [2.24, 2.45) is 0 Å². The normalized spacial score (nSPS) is 13.2. The van der Waals surface area contributed by atoms with Gasteiger partial charge in [-0.15, -0.1) is 0 Å². The first-order valence-corrected chi connectivity index (χ1v) is 6.75. The number of amides is 1. The molecule has 0 aliphatic carbocycles. The summed E-state index contributed by atoms with van der Waals surface area (Å²) < 4.78 is 7.22. The van der Waals surface area contributed by atoms with Crippen molar-refractivity contribution < 1.29 is 9.53 Å². The Kier molecular flexibility index (Phi) is 3.97. The molecule has 0 saturated heterocycles. The fourth-order valence-corrected chi connectivity index (χ4v) is 2.06. The van der Waals surface area contributed by atoms with E-state index in [2.05, 4.69) is 10.3 Å². The van der Waals surface area contributed by atoms with Crippen molar-refractivity contribution in [3.63, 3.8) is 0 Å².